The van der Waals surface area contributed by atoms with Gasteiger partial charge in [-0.3, -0.25) is 0 Å². The second-order valence-electron chi connectivity index (χ2n) is 6.24. The van der Waals surface area contributed by atoms with Crippen LogP contribution < -0.4 is 5.32 Å². The average Bonchev–Trinajstić information content (AvgIpc) is 2.42. The van der Waals surface area contributed by atoms with E-state index in [-0.39, 0.29) is 0 Å². The largest absolute Gasteiger partial charge is 0.391 e. The first-order valence-corrected chi connectivity index (χ1v) is 8.22. The van der Waals surface area contributed by atoms with Crippen molar-refractivity contribution in [2.45, 2.75) is 77.9 Å². The van der Waals surface area contributed by atoms with Crippen molar-refractivity contribution in [1.82, 2.24) is 5.32 Å². The van der Waals surface area contributed by atoms with Crippen molar-refractivity contribution in [3.63, 3.8) is 0 Å². The lowest BCUT2D eigenvalue weighted by molar-refractivity contribution is -0.184. The van der Waals surface area contributed by atoms with Crippen molar-refractivity contribution in [2.75, 3.05) is 6.54 Å². The number of nitrogens with one attached hydrogen (secondary N) is 1. The molecule has 1 N–H and O–H groups in total. The molecule has 0 aromatic rings. The Kier molecular flexibility index (Phi) is 7.35. The molecule has 20 heavy (non-hydrogen) atoms. The van der Waals surface area contributed by atoms with Crippen LogP contribution in [-0.4, -0.2) is 18.8 Å². The summed E-state index contributed by atoms with van der Waals surface area (Å²) in [7, 11) is 0. The Balaban J connectivity index is 2.53. The fourth-order valence-corrected chi connectivity index (χ4v) is 3.53. The molecule has 0 heterocycles. The molecule has 1 rings (SSSR count). The molecule has 1 fully saturated rings. The molecule has 0 radical (unpaired) electrons. The number of hydrogen-bond acceptors (Lipinski definition) is 1. The van der Waals surface area contributed by atoms with Crippen LogP contribution in [0.3, 0.4) is 0 Å². The highest BCUT2D eigenvalue weighted by Crippen LogP contribution is 2.41. The van der Waals surface area contributed by atoms with Crippen LogP contribution in [0, 0.1) is 17.8 Å². The molecule has 4 heteroatoms. The van der Waals surface area contributed by atoms with Crippen LogP contribution in [-0.2, 0) is 0 Å². The zero-order valence-corrected chi connectivity index (χ0v) is 13.1. The number of hydrogen-bond donors (Lipinski definition) is 1. The summed E-state index contributed by atoms with van der Waals surface area (Å²) in [6, 6.07) is 0.402. The maximum atomic E-state index is 12.7. The molecular formula is C16H30F3N. The van der Waals surface area contributed by atoms with Crippen molar-refractivity contribution < 1.29 is 13.2 Å². The highest BCUT2D eigenvalue weighted by atomic mass is 19.4. The quantitative estimate of drug-likeness (QED) is 0.683. The summed E-state index contributed by atoms with van der Waals surface area (Å²) < 4.78 is 38.2. The first-order valence-electron chi connectivity index (χ1n) is 8.22. The predicted molar refractivity (Wildman–Crippen MR) is 77.7 cm³/mol. The Morgan fingerprint density at radius 1 is 1.00 bits per heavy atom. The molecule has 1 nitrogen and oxygen atoms in total. The summed E-state index contributed by atoms with van der Waals surface area (Å²) in [5, 5.41) is 3.52. The summed E-state index contributed by atoms with van der Waals surface area (Å²) in [5.41, 5.74) is 0. The van der Waals surface area contributed by atoms with E-state index in [0.29, 0.717) is 30.7 Å². The van der Waals surface area contributed by atoms with E-state index in [1.165, 1.54) is 0 Å². The molecule has 0 aromatic carbocycles. The Morgan fingerprint density at radius 3 is 1.95 bits per heavy atom. The monoisotopic (exact) mass is 293 g/mol. The Labute approximate surface area is 121 Å². The molecular weight excluding hydrogens is 263 g/mol. The molecule has 0 spiro atoms. The van der Waals surface area contributed by atoms with Gasteiger partial charge in [-0.15, -0.1) is 0 Å². The van der Waals surface area contributed by atoms with Gasteiger partial charge in [-0.1, -0.05) is 33.6 Å². The highest BCUT2D eigenvalue weighted by molar-refractivity contribution is 4.85. The zero-order valence-electron chi connectivity index (χ0n) is 13.1. The molecule has 1 saturated carbocycles. The summed E-state index contributed by atoms with van der Waals surface area (Å²) in [6.45, 7) is 7.40. The fourth-order valence-electron chi connectivity index (χ4n) is 3.53. The maximum Gasteiger partial charge on any atom is 0.391 e. The highest BCUT2D eigenvalue weighted by Gasteiger charge is 2.42. The van der Waals surface area contributed by atoms with Gasteiger partial charge in [-0.05, 0) is 50.5 Å². The number of halogens is 3. The molecule has 0 aliphatic heterocycles. The molecule has 0 saturated heterocycles. The first-order chi connectivity index (χ1) is 9.42. The standard InChI is InChI=1S/C16H30F3N/c1-4-12(5-2)11-15(20-6-3)13-7-9-14(10-8-13)16(17,18)19/h12-15,20H,4-11H2,1-3H3. The predicted octanol–water partition coefficient (Wildman–Crippen LogP) is 5.16. The van der Waals surface area contributed by atoms with E-state index in [9.17, 15) is 13.2 Å². The van der Waals surface area contributed by atoms with Gasteiger partial charge < -0.3 is 5.32 Å². The summed E-state index contributed by atoms with van der Waals surface area (Å²) in [5.74, 6) is 0.0581. The second kappa shape index (κ2) is 8.26. The Hall–Kier alpha value is -0.250. The van der Waals surface area contributed by atoms with E-state index in [2.05, 4.69) is 26.1 Å². The van der Waals surface area contributed by atoms with E-state index in [0.717, 1.165) is 38.6 Å². The van der Waals surface area contributed by atoms with Crippen molar-refractivity contribution in [1.29, 1.82) is 0 Å². The minimum absolute atomic E-state index is 0.318. The average molecular weight is 293 g/mol. The normalized spacial score (nSPS) is 25.9. The van der Waals surface area contributed by atoms with Gasteiger partial charge in [-0.2, -0.15) is 13.2 Å². The van der Waals surface area contributed by atoms with Crippen LogP contribution >= 0.6 is 0 Å². The number of alkyl halides is 3. The van der Waals surface area contributed by atoms with E-state index in [4.69, 9.17) is 0 Å². The third-order valence-electron chi connectivity index (χ3n) is 5.01. The molecule has 1 aliphatic rings. The molecule has 0 bridgehead atoms. The fraction of sp³-hybridized carbons (Fsp3) is 1.00. The van der Waals surface area contributed by atoms with Crippen LogP contribution in [0.5, 0.6) is 0 Å². The van der Waals surface area contributed by atoms with Gasteiger partial charge in [0.2, 0.25) is 0 Å². The lowest BCUT2D eigenvalue weighted by Gasteiger charge is -2.36. The van der Waals surface area contributed by atoms with Crippen molar-refractivity contribution in [3.05, 3.63) is 0 Å². The molecule has 1 unspecified atom stereocenters. The van der Waals surface area contributed by atoms with Crippen LogP contribution in [0.15, 0.2) is 0 Å². The van der Waals surface area contributed by atoms with Gasteiger partial charge in [0, 0.05) is 6.04 Å². The molecule has 1 aliphatic carbocycles. The van der Waals surface area contributed by atoms with Gasteiger partial charge in [0.15, 0.2) is 0 Å². The molecule has 1 atom stereocenters. The van der Waals surface area contributed by atoms with Gasteiger partial charge in [-0.25, -0.2) is 0 Å². The third-order valence-corrected chi connectivity index (χ3v) is 5.01. The van der Waals surface area contributed by atoms with E-state index in [1.54, 1.807) is 0 Å². The smallest absolute Gasteiger partial charge is 0.314 e. The van der Waals surface area contributed by atoms with E-state index in [1.807, 2.05) is 0 Å². The molecule has 120 valence electrons. The lowest BCUT2D eigenvalue weighted by Crippen LogP contribution is -2.40. The summed E-state index contributed by atoms with van der Waals surface area (Å²) in [6.07, 6.45) is 1.53. The van der Waals surface area contributed by atoms with Crippen LogP contribution in [0.2, 0.25) is 0 Å². The Bertz CT molecular complexity index is 253. The van der Waals surface area contributed by atoms with Gasteiger partial charge in [0.25, 0.3) is 0 Å². The van der Waals surface area contributed by atoms with Crippen molar-refractivity contribution in [3.8, 4) is 0 Å². The van der Waals surface area contributed by atoms with Crippen LogP contribution in [0.25, 0.3) is 0 Å². The minimum atomic E-state index is -3.99. The number of rotatable bonds is 7. The topological polar surface area (TPSA) is 12.0 Å². The van der Waals surface area contributed by atoms with Gasteiger partial charge >= 0.3 is 6.18 Å². The maximum absolute atomic E-state index is 12.7. The SMILES string of the molecule is CCNC(CC(CC)CC)C1CCC(C(F)(F)F)CC1. The molecule has 0 amide bonds. The second-order valence-corrected chi connectivity index (χ2v) is 6.24. The molecule has 0 aromatic heterocycles. The van der Waals surface area contributed by atoms with E-state index < -0.39 is 12.1 Å². The summed E-state index contributed by atoms with van der Waals surface area (Å²) in [4.78, 5) is 0. The van der Waals surface area contributed by atoms with Crippen LogP contribution in [0.1, 0.15) is 65.7 Å². The third kappa shape index (κ3) is 5.27. The lowest BCUT2D eigenvalue weighted by atomic mass is 9.75. The van der Waals surface area contributed by atoms with Gasteiger partial charge in [0.05, 0.1) is 5.92 Å². The minimum Gasteiger partial charge on any atom is -0.314 e. The first kappa shape index (κ1) is 17.8. The van der Waals surface area contributed by atoms with Crippen molar-refractivity contribution in [2.24, 2.45) is 17.8 Å². The van der Waals surface area contributed by atoms with E-state index >= 15 is 0 Å². The van der Waals surface area contributed by atoms with Crippen LogP contribution in [0.4, 0.5) is 13.2 Å². The van der Waals surface area contributed by atoms with Gasteiger partial charge in [0.1, 0.15) is 0 Å². The Morgan fingerprint density at radius 2 is 1.55 bits per heavy atom. The zero-order chi connectivity index (χ0) is 15.2. The van der Waals surface area contributed by atoms with Crippen molar-refractivity contribution >= 4 is 0 Å². The summed E-state index contributed by atoms with van der Waals surface area (Å²) >= 11 is 0.